The highest BCUT2D eigenvalue weighted by Crippen LogP contribution is 2.23. The molecule has 0 aliphatic carbocycles. The van der Waals surface area contributed by atoms with Crippen LogP contribution in [0.3, 0.4) is 0 Å². The summed E-state index contributed by atoms with van der Waals surface area (Å²) in [5.74, 6) is -0.457. The van der Waals surface area contributed by atoms with Crippen molar-refractivity contribution in [3.05, 3.63) is 54.3 Å². The summed E-state index contributed by atoms with van der Waals surface area (Å²) in [4.78, 5) is 2.17. The number of anilines is 1. The number of halogens is 1. The summed E-state index contributed by atoms with van der Waals surface area (Å²) in [5, 5.41) is 0. The molecule has 0 N–H and O–H groups in total. The predicted octanol–water partition coefficient (Wildman–Crippen LogP) is 2.72. The van der Waals surface area contributed by atoms with Crippen molar-refractivity contribution < 1.29 is 12.8 Å². The van der Waals surface area contributed by atoms with E-state index in [1.54, 1.807) is 24.3 Å². The first kappa shape index (κ1) is 13.5. The first-order chi connectivity index (χ1) is 8.91. The topological polar surface area (TPSA) is 37.4 Å². The van der Waals surface area contributed by atoms with E-state index in [9.17, 15) is 12.8 Å². The van der Waals surface area contributed by atoms with Gasteiger partial charge in [-0.3, -0.25) is 0 Å². The number of sulfone groups is 1. The lowest BCUT2D eigenvalue weighted by atomic mass is 10.3. The van der Waals surface area contributed by atoms with Crippen LogP contribution in [-0.4, -0.2) is 22.5 Å². The predicted molar refractivity (Wildman–Crippen MR) is 72.6 cm³/mol. The van der Waals surface area contributed by atoms with Gasteiger partial charge < -0.3 is 4.90 Å². The molecule has 0 atom stereocenters. The van der Waals surface area contributed by atoms with Gasteiger partial charge in [-0.15, -0.1) is 0 Å². The molecule has 0 saturated carbocycles. The Morgan fingerprint density at radius 3 is 1.68 bits per heavy atom. The van der Waals surface area contributed by atoms with E-state index in [-0.39, 0.29) is 9.79 Å². The molecule has 2 aromatic carbocycles. The lowest BCUT2D eigenvalue weighted by Gasteiger charge is -2.12. The van der Waals surface area contributed by atoms with Crippen molar-refractivity contribution in [2.24, 2.45) is 0 Å². The summed E-state index contributed by atoms with van der Waals surface area (Å²) >= 11 is 0. The minimum Gasteiger partial charge on any atom is -0.378 e. The molecule has 0 fully saturated rings. The Morgan fingerprint density at radius 1 is 0.842 bits per heavy atom. The number of rotatable bonds is 3. The van der Waals surface area contributed by atoms with Gasteiger partial charge in [0.25, 0.3) is 0 Å². The van der Waals surface area contributed by atoms with Crippen LogP contribution in [0.5, 0.6) is 0 Å². The van der Waals surface area contributed by atoms with Crippen molar-refractivity contribution in [1.82, 2.24) is 0 Å². The van der Waals surface area contributed by atoms with Gasteiger partial charge in [0.05, 0.1) is 9.79 Å². The third kappa shape index (κ3) is 2.76. The summed E-state index contributed by atoms with van der Waals surface area (Å²) in [7, 11) is 0.174. The molecule has 0 bridgehead atoms. The molecule has 5 heteroatoms. The van der Waals surface area contributed by atoms with Gasteiger partial charge in [0.15, 0.2) is 0 Å². The molecule has 0 aliphatic heterocycles. The standard InChI is InChI=1S/C14H14FNO2S/c1-16(2)12-5-9-14(10-6-12)19(17,18)13-7-3-11(15)4-8-13/h3-10H,1-2H3. The van der Waals surface area contributed by atoms with Crippen LogP contribution in [0.1, 0.15) is 0 Å². The van der Waals surface area contributed by atoms with E-state index < -0.39 is 15.7 Å². The van der Waals surface area contributed by atoms with E-state index in [0.29, 0.717) is 0 Å². The highest BCUT2D eigenvalue weighted by molar-refractivity contribution is 7.91. The van der Waals surface area contributed by atoms with Crippen molar-refractivity contribution in [3.8, 4) is 0 Å². The Balaban J connectivity index is 2.42. The molecule has 0 aromatic heterocycles. The molecule has 3 nitrogen and oxygen atoms in total. The smallest absolute Gasteiger partial charge is 0.206 e. The average Bonchev–Trinajstić information content (AvgIpc) is 2.39. The lowest BCUT2D eigenvalue weighted by molar-refractivity contribution is 0.595. The fourth-order valence-corrected chi connectivity index (χ4v) is 2.93. The fraction of sp³-hybridized carbons (Fsp3) is 0.143. The molecule has 0 unspecified atom stereocenters. The summed E-state index contributed by atoms with van der Waals surface area (Å²) in [6.45, 7) is 0. The lowest BCUT2D eigenvalue weighted by Crippen LogP contribution is -2.09. The van der Waals surface area contributed by atoms with Crippen LogP contribution in [0.2, 0.25) is 0 Å². The van der Waals surface area contributed by atoms with Crippen molar-refractivity contribution >= 4 is 15.5 Å². The van der Waals surface area contributed by atoms with Gasteiger partial charge in [0.2, 0.25) is 9.84 Å². The van der Waals surface area contributed by atoms with Gasteiger partial charge in [0, 0.05) is 19.8 Å². The first-order valence-corrected chi connectivity index (χ1v) is 7.17. The molecule has 2 aromatic rings. The zero-order chi connectivity index (χ0) is 14.0. The number of nitrogens with zero attached hydrogens (tertiary/aromatic N) is 1. The van der Waals surface area contributed by atoms with Crippen molar-refractivity contribution in [2.75, 3.05) is 19.0 Å². The van der Waals surface area contributed by atoms with Crippen LogP contribution in [0.4, 0.5) is 10.1 Å². The molecular weight excluding hydrogens is 265 g/mol. The largest absolute Gasteiger partial charge is 0.378 e. The molecule has 0 radical (unpaired) electrons. The van der Waals surface area contributed by atoms with Gasteiger partial charge in [0.1, 0.15) is 5.82 Å². The maximum absolute atomic E-state index is 12.8. The van der Waals surface area contributed by atoms with Gasteiger partial charge >= 0.3 is 0 Å². The van der Waals surface area contributed by atoms with E-state index in [1.165, 1.54) is 12.1 Å². The molecule has 0 aliphatic rings. The van der Waals surface area contributed by atoms with Crippen LogP contribution in [-0.2, 0) is 9.84 Å². The van der Waals surface area contributed by atoms with Crippen LogP contribution in [0.25, 0.3) is 0 Å². The quantitative estimate of drug-likeness (QED) is 0.811. The van der Waals surface area contributed by atoms with E-state index in [4.69, 9.17) is 0 Å². The third-order valence-electron chi connectivity index (χ3n) is 2.79. The molecule has 19 heavy (non-hydrogen) atoms. The van der Waals surface area contributed by atoms with Gasteiger partial charge in [-0.05, 0) is 48.5 Å². The molecule has 0 heterocycles. The average molecular weight is 279 g/mol. The fourth-order valence-electron chi connectivity index (χ4n) is 1.67. The second kappa shape index (κ2) is 5.01. The van der Waals surface area contributed by atoms with E-state index in [2.05, 4.69) is 0 Å². The van der Waals surface area contributed by atoms with Crippen molar-refractivity contribution in [3.63, 3.8) is 0 Å². The van der Waals surface area contributed by atoms with Crippen molar-refractivity contribution in [2.45, 2.75) is 9.79 Å². The van der Waals surface area contributed by atoms with E-state index in [0.717, 1.165) is 17.8 Å². The summed E-state index contributed by atoms with van der Waals surface area (Å²) in [5.41, 5.74) is 0.915. The first-order valence-electron chi connectivity index (χ1n) is 5.69. The summed E-state index contributed by atoms with van der Waals surface area (Å²) in [6, 6.07) is 11.4. The van der Waals surface area contributed by atoms with Gasteiger partial charge in [-0.1, -0.05) is 0 Å². The minimum atomic E-state index is -3.58. The van der Waals surface area contributed by atoms with Gasteiger partial charge in [-0.25, -0.2) is 12.8 Å². The second-order valence-corrected chi connectivity index (χ2v) is 6.30. The second-order valence-electron chi connectivity index (χ2n) is 4.35. The van der Waals surface area contributed by atoms with Gasteiger partial charge in [-0.2, -0.15) is 0 Å². The Hall–Kier alpha value is -1.88. The van der Waals surface area contributed by atoms with E-state index >= 15 is 0 Å². The van der Waals surface area contributed by atoms with Crippen molar-refractivity contribution in [1.29, 1.82) is 0 Å². The number of hydrogen-bond acceptors (Lipinski definition) is 3. The molecule has 0 saturated heterocycles. The SMILES string of the molecule is CN(C)c1ccc(S(=O)(=O)c2ccc(F)cc2)cc1. The summed E-state index contributed by atoms with van der Waals surface area (Å²) < 4.78 is 37.4. The highest BCUT2D eigenvalue weighted by Gasteiger charge is 2.17. The zero-order valence-corrected chi connectivity index (χ0v) is 11.5. The Morgan fingerprint density at radius 2 is 1.26 bits per heavy atom. The monoisotopic (exact) mass is 279 g/mol. The van der Waals surface area contributed by atoms with Crippen LogP contribution < -0.4 is 4.90 Å². The van der Waals surface area contributed by atoms with Crippen LogP contribution in [0.15, 0.2) is 58.3 Å². The van der Waals surface area contributed by atoms with E-state index in [1.807, 2.05) is 19.0 Å². The van der Waals surface area contributed by atoms with Crippen LogP contribution >= 0.6 is 0 Å². The molecule has 0 amide bonds. The molecule has 100 valence electrons. The third-order valence-corrected chi connectivity index (χ3v) is 4.57. The Labute approximate surface area is 112 Å². The molecule has 0 spiro atoms. The Kier molecular flexibility index (Phi) is 3.57. The zero-order valence-electron chi connectivity index (χ0n) is 10.7. The number of hydrogen-bond donors (Lipinski definition) is 0. The minimum absolute atomic E-state index is 0.0894. The Bertz CT molecular complexity index is 662. The summed E-state index contributed by atoms with van der Waals surface area (Å²) in [6.07, 6.45) is 0. The highest BCUT2D eigenvalue weighted by atomic mass is 32.2. The number of benzene rings is 2. The molecule has 2 rings (SSSR count). The normalized spacial score (nSPS) is 11.3. The maximum Gasteiger partial charge on any atom is 0.206 e. The maximum atomic E-state index is 12.8. The molecular formula is C14H14FNO2S. The van der Waals surface area contributed by atoms with Crippen LogP contribution in [0, 0.1) is 5.82 Å².